The zero-order valence-corrected chi connectivity index (χ0v) is 7.86. The number of esters is 1. The molecule has 0 aromatic rings. The van der Waals surface area contributed by atoms with Crippen LogP contribution < -0.4 is 0 Å². The first-order valence-corrected chi connectivity index (χ1v) is 4.96. The number of aliphatic hydroxyl groups is 1. The molecule has 1 N–H and O–H groups in total. The van der Waals surface area contributed by atoms with E-state index in [1.54, 1.807) is 0 Å². The van der Waals surface area contributed by atoms with Crippen LogP contribution in [-0.2, 0) is 9.53 Å². The van der Waals surface area contributed by atoms with Gasteiger partial charge in [-0.25, -0.2) is 0 Å². The van der Waals surface area contributed by atoms with Crippen LogP contribution >= 0.6 is 0 Å². The van der Waals surface area contributed by atoms with Gasteiger partial charge in [0.1, 0.15) is 6.10 Å². The minimum absolute atomic E-state index is 0.0888. The summed E-state index contributed by atoms with van der Waals surface area (Å²) in [4.78, 5) is 11.6. The van der Waals surface area contributed by atoms with E-state index in [-0.39, 0.29) is 35.2 Å². The molecule has 13 heavy (non-hydrogen) atoms. The summed E-state index contributed by atoms with van der Waals surface area (Å²) in [5, 5.41) is 9.83. The van der Waals surface area contributed by atoms with Crippen molar-refractivity contribution in [3.05, 3.63) is 0 Å². The van der Waals surface area contributed by atoms with Gasteiger partial charge in [-0.3, -0.25) is 4.79 Å². The Hall–Kier alpha value is -0.570. The molecule has 1 heterocycles. The summed E-state index contributed by atoms with van der Waals surface area (Å²) in [6, 6.07) is 0. The van der Waals surface area contributed by atoms with Crippen molar-refractivity contribution >= 4 is 5.97 Å². The Bertz CT molecular complexity index is 288. The van der Waals surface area contributed by atoms with E-state index in [9.17, 15) is 9.90 Å². The van der Waals surface area contributed by atoms with Crippen molar-refractivity contribution in [2.75, 3.05) is 0 Å². The van der Waals surface area contributed by atoms with Crippen molar-refractivity contribution in [2.45, 2.75) is 32.5 Å². The molecule has 1 saturated heterocycles. The molecule has 2 aliphatic carbocycles. The highest BCUT2D eigenvalue weighted by atomic mass is 16.6. The minimum Gasteiger partial charge on any atom is -0.459 e. The summed E-state index contributed by atoms with van der Waals surface area (Å²) in [7, 11) is 0. The number of carbonyl (C=O) groups is 1. The number of ether oxygens (including phenoxy) is 1. The first-order valence-electron chi connectivity index (χ1n) is 4.96. The Morgan fingerprint density at radius 2 is 2.31 bits per heavy atom. The topological polar surface area (TPSA) is 46.5 Å². The molecule has 3 rings (SSSR count). The predicted molar refractivity (Wildman–Crippen MR) is 44.8 cm³/mol. The molecule has 0 aromatic heterocycles. The van der Waals surface area contributed by atoms with E-state index in [1.807, 2.05) is 6.92 Å². The van der Waals surface area contributed by atoms with Crippen LogP contribution in [0.1, 0.15) is 20.3 Å². The number of fused-ring (bicyclic) bond motifs is 1. The van der Waals surface area contributed by atoms with Crippen molar-refractivity contribution in [1.82, 2.24) is 0 Å². The van der Waals surface area contributed by atoms with Gasteiger partial charge in [0, 0.05) is 5.92 Å². The molecule has 2 bridgehead atoms. The summed E-state index contributed by atoms with van der Waals surface area (Å²) < 4.78 is 5.24. The predicted octanol–water partition coefficient (Wildman–Crippen LogP) is 0.565. The van der Waals surface area contributed by atoms with Gasteiger partial charge < -0.3 is 9.84 Å². The third-order valence-corrected chi connectivity index (χ3v) is 4.74. The Morgan fingerprint density at radius 3 is 2.92 bits per heavy atom. The smallest absolute Gasteiger partial charge is 0.312 e. The highest BCUT2D eigenvalue weighted by molar-refractivity contribution is 5.81. The number of carbonyl (C=O) groups excluding carboxylic acids is 1. The summed E-state index contributed by atoms with van der Waals surface area (Å²) in [6.07, 6.45) is 0.369. The zero-order chi connectivity index (χ0) is 9.38. The molecular formula is C10H14O3. The molecule has 3 aliphatic rings. The maximum absolute atomic E-state index is 11.6. The average Bonchev–Trinajstić information content (AvgIpc) is 2.60. The number of hydrogen-bond acceptors (Lipinski definition) is 3. The molecule has 0 amide bonds. The summed E-state index contributed by atoms with van der Waals surface area (Å²) in [5.74, 6) is 0.745. The fourth-order valence-electron chi connectivity index (χ4n) is 3.66. The monoisotopic (exact) mass is 182 g/mol. The molecule has 3 nitrogen and oxygen atoms in total. The van der Waals surface area contributed by atoms with Gasteiger partial charge in [0.2, 0.25) is 0 Å². The van der Waals surface area contributed by atoms with Crippen LogP contribution in [0.5, 0.6) is 0 Å². The molecule has 6 atom stereocenters. The van der Waals surface area contributed by atoms with Crippen LogP contribution in [-0.4, -0.2) is 23.3 Å². The maximum atomic E-state index is 11.6. The normalized spacial score (nSPS) is 63.0. The molecule has 3 fully saturated rings. The second kappa shape index (κ2) is 1.92. The van der Waals surface area contributed by atoms with Crippen molar-refractivity contribution < 1.29 is 14.6 Å². The van der Waals surface area contributed by atoms with Crippen LogP contribution in [0.25, 0.3) is 0 Å². The summed E-state index contributed by atoms with van der Waals surface area (Å²) in [6.45, 7) is 4.06. The van der Waals surface area contributed by atoms with Gasteiger partial charge in [-0.1, -0.05) is 6.92 Å². The SMILES string of the molecule is CC1C2CC3C(OC(=O)C13C)C2O. The lowest BCUT2D eigenvalue weighted by Gasteiger charge is -2.32. The molecule has 0 aromatic carbocycles. The Labute approximate surface area is 77.1 Å². The van der Waals surface area contributed by atoms with Crippen LogP contribution in [0.2, 0.25) is 0 Å². The lowest BCUT2D eigenvalue weighted by atomic mass is 9.68. The Morgan fingerprint density at radius 1 is 1.62 bits per heavy atom. The highest BCUT2D eigenvalue weighted by Gasteiger charge is 2.71. The molecule has 72 valence electrons. The van der Waals surface area contributed by atoms with Crippen LogP contribution in [0.3, 0.4) is 0 Å². The van der Waals surface area contributed by atoms with Gasteiger partial charge in [0.25, 0.3) is 0 Å². The molecule has 2 saturated carbocycles. The van der Waals surface area contributed by atoms with E-state index in [2.05, 4.69) is 6.92 Å². The van der Waals surface area contributed by atoms with Gasteiger partial charge >= 0.3 is 5.97 Å². The third-order valence-electron chi connectivity index (χ3n) is 4.74. The van der Waals surface area contributed by atoms with E-state index < -0.39 is 6.10 Å². The second-order valence-electron chi connectivity index (χ2n) is 4.94. The molecule has 0 spiro atoms. The molecule has 0 radical (unpaired) electrons. The molecule has 3 heteroatoms. The van der Waals surface area contributed by atoms with Crippen LogP contribution in [0.4, 0.5) is 0 Å². The standard InChI is InChI=1S/C10H14O3/c1-4-5-3-6-8(7(5)11)13-9(12)10(4,6)2/h4-8,11H,3H2,1-2H3. The maximum Gasteiger partial charge on any atom is 0.312 e. The fourth-order valence-corrected chi connectivity index (χ4v) is 3.66. The van der Waals surface area contributed by atoms with Crippen molar-refractivity contribution in [2.24, 2.45) is 23.2 Å². The fraction of sp³-hybridized carbons (Fsp3) is 0.900. The van der Waals surface area contributed by atoms with E-state index in [0.29, 0.717) is 0 Å². The van der Waals surface area contributed by atoms with Crippen LogP contribution in [0.15, 0.2) is 0 Å². The highest BCUT2D eigenvalue weighted by Crippen LogP contribution is 2.64. The molecule has 1 aliphatic heterocycles. The Kier molecular flexibility index (Phi) is 1.15. The number of aliphatic hydroxyl groups excluding tert-OH is 1. The van der Waals surface area contributed by atoms with Crippen molar-refractivity contribution in [1.29, 1.82) is 0 Å². The number of rotatable bonds is 0. The lowest BCUT2D eigenvalue weighted by molar-refractivity contribution is -0.149. The first kappa shape index (κ1) is 7.80. The third kappa shape index (κ3) is 0.592. The second-order valence-corrected chi connectivity index (χ2v) is 4.94. The summed E-state index contributed by atoms with van der Waals surface area (Å²) >= 11 is 0. The van der Waals surface area contributed by atoms with Gasteiger partial charge in [-0.15, -0.1) is 0 Å². The van der Waals surface area contributed by atoms with Gasteiger partial charge in [0.15, 0.2) is 0 Å². The van der Waals surface area contributed by atoms with Crippen LogP contribution in [0, 0.1) is 23.2 Å². The summed E-state index contributed by atoms with van der Waals surface area (Å²) in [5.41, 5.74) is -0.297. The molecule has 6 unspecified atom stereocenters. The van der Waals surface area contributed by atoms with E-state index >= 15 is 0 Å². The number of hydrogen-bond donors (Lipinski definition) is 1. The molecular weight excluding hydrogens is 168 g/mol. The first-order chi connectivity index (χ1) is 6.06. The van der Waals surface area contributed by atoms with Crippen molar-refractivity contribution in [3.63, 3.8) is 0 Å². The minimum atomic E-state index is -0.403. The van der Waals surface area contributed by atoms with Gasteiger partial charge in [0.05, 0.1) is 11.5 Å². The quantitative estimate of drug-likeness (QED) is 0.557. The Balaban J connectivity index is 2.13. The lowest BCUT2D eigenvalue weighted by Crippen LogP contribution is -2.41. The van der Waals surface area contributed by atoms with E-state index in [1.165, 1.54) is 0 Å². The average molecular weight is 182 g/mol. The van der Waals surface area contributed by atoms with Gasteiger partial charge in [-0.05, 0) is 25.2 Å². The zero-order valence-electron chi connectivity index (χ0n) is 7.86. The van der Waals surface area contributed by atoms with E-state index in [0.717, 1.165) is 6.42 Å². The largest absolute Gasteiger partial charge is 0.459 e. The van der Waals surface area contributed by atoms with Crippen molar-refractivity contribution in [3.8, 4) is 0 Å². The van der Waals surface area contributed by atoms with E-state index in [4.69, 9.17) is 4.74 Å². The van der Waals surface area contributed by atoms with Gasteiger partial charge in [-0.2, -0.15) is 0 Å².